The molecule has 0 radical (unpaired) electrons. The summed E-state index contributed by atoms with van der Waals surface area (Å²) in [6.45, 7) is 5.77. The number of nitrogens with one attached hydrogen (secondary N) is 3. The lowest BCUT2D eigenvalue weighted by Gasteiger charge is -2.16. The van der Waals surface area contributed by atoms with Crippen LogP contribution < -0.4 is 20.1 Å². The van der Waals surface area contributed by atoms with Gasteiger partial charge >= 0.3 is 0 Å². The fourth-order valence-electron chi connectivity index (χ4n) is 2.71. The zero-order chi connectivity index (χ0) is 21.3. The van der Waals surface area contributed by atoms with Crippen molar-refractivity contribution < 1.29 is 13.2 Å². The Balaban J connectivity index is 0.00000450. The molecule has 0 aliphatic heterocycles. The second-order valence-corrected chi connectivity index (χ2v) is 8.52. The average molecular weight is 546 g/mol. The summed E-state index contributed by atoms with van der Waals surface area (Å²) in [4.78, 5) is 4.25. The lowest BCUT2D eigenvalue weighted by Crippen LogP contribution is -2.36. The summed E-state index contributed by atoms with van der Waals surface area (Å²) in [5.74, 6) is 1.48. The van der Waals surface area contributed by atoms with E-state index in [-0.39, 0.29) is 24.0 Å². The van der Waals surface area contributed by atoms with Crippen LogP contribution in [-0.4, -0.2) is 34.3 Å². The number of sulfonamides is 1. The van der Waals surface area contributed by atoms with Gasteiger partial charge in [0.25, 0.3) is 0 Å². The van der Waals surface area contributed by atoms with E-state index in [1.54, 1.807) is 19.2 Å². The molecule has 0 atom stereocenters. The number of aliphatic imine (C=N–C) groups is 1. The lowest BCUT2D eigenvalue weighted by atomic mass is 10.1. The van der Waals surface area contributed by atoms with E-state index < -0.39 is 10.0 Å². The van der Waals surface area contributed by atoms with Gasteiger partial charge < -0.3 is 15.4 Å². The number of benzene rings is 2. The number of ether oxygens (including phenoxy) is 1. The molecule has 0 bridgehead atoms. The van der Waals surface area contributed by atoms with Crippen molar-refractivity contribution in [2.75, 3.05) is 24.6 Å². The molecule has 0 fully saturated rings. The van der Waals surface area contributed by atoms with Crippen molar-refractivity contribution in [3.8, 4) is 5.75 Å². The van der Waals surface area contributed by atoms with Crippen LogP contribution in [-0.2, 0) is 23.1 Å². The maximum Gasteiger partial charge on any atom is 0.229 e. The van der Waals surface area contributed by atoms with E-state index in [9.17, 15) is 8.42 Å². The number of para-hydroxylation sites is 1. The van der Waals surface area contributed by atoms with E-state index in [4.69, 9.17) is 4.74 Å². The SMILES string of the molecule is CCCOc1cc(C)ccc1CNC(=NC)NCc1ccccc1NS(C)(=O)=O.I. The zero-order valence-corrected chi connectivity index (χ0v) is 21.0. The van der Waals surface area contributed by atoms with Crippen molar-refractivity contribution in [2.45, 2.75) is 33.4 Å². The highest BCUT2D eigenvalue weighted by atomic mass is 127. The molecule has 0 unspecified atom stereocenters. The summed E-state index contributed by atoms with van der Waals surface area (Å²) in [6, 6.07) is 13.4. The molecule has 30 heavy (non-hydrogen) atoms. The third kappa shape index (κ3) is 8.78. The van der Waals surface area contributed by atoms with Crippen LogP contribution in [0.2, 0.25) is 0 Å². The number of nitrogens with zero attached hydrogens (tertiary/aromatic N) is 1. The van der Waals surface area contributed by atoms with Gasteiger partial charge in [0.1, 0.15) is 5.75 Å². The number of halogens is 1. The molecule has 3 N–H and O–H groups in total. The highest BCUT2D eigenvalue weighted by Crippen LogP contribution is 2.20. The van der Waals surface area contributed by atoms with Crippen LogP contribution in [0.3, 0.4) is 0 Å². The van der Waals surface area contributed by atoms with Gasteiger partial charge in [-0.3, -0.25) is 9.71 Å². The molecular formula is C21H31IN4O3S. The Bertz CT molecular complexity index is 949. The van der Waals surface area contributed by atoms with Gasteiger partial charge in [0, 0.05) is 25.7 Å². The topological polar surface area (TPSA) is 91.8 Å². The number of rotatable bonds is 9. The van der Waals surface area contributed by atoms with Gasteiger partial charge in [-0.2, -0.15) is 0 Å². The van der Waals surface area contributed by atoms with Crippen LogP contribution in [0.4, 0.5) is 5.69 Å². The van der Waals surface area contributed by atoms with Crippen LogP contribution in [0.15, 0.2) is 47.5 Å². The second kappa shape index (κ2) is 12.6. The maximum absolute atomic E-state index is 11.6. The summed E-state index contributed by atoms with van der Waals surface area (Å²) in [7, 11) is -1.65. The van der Waals surface area contributed by atoms with Gasteiger partial charge in [-0.1, -0.05) is 37.3 Å². The molecule has 2 rings (SSSR count). The van der Waals surface area contributed by atoms with Crippen molar-refractivity contribution in [3.05, 3.63) is 59.2 Å². The van der Waals surface area contributed by atoms with Crippen LogP contribution >= 0.6 is 24.0 Å². The van der Waals surface area contributed by atoms with E-state index in [1.807, 2.05) is 31.2 Å². The number of hydrogen-bond acceptors (Lipinski definition) is 4. The average Bonchev–Trinajstić information content (AvgIpc) is 2.67. The van der Waals surface area contributed by atoms with Crippen molar-refractivity contribution in [1.29, 1.82) is 0 Å². The molecule has 0 aliphatic carbocycles. The molecule has 166 valence electrons. The minimum atomic E-state index is -3.34. The Hall–Kier alpha value is -2.01. The maximum atomic E-state index is 11.6. The number of guanidine groups is 1. The van der Waals surface area contributed by atoms with Gasteiger partial charge in [-0.05, 0) is 36.6 Å². The minimum Gasteiger partial charge on any atom is -0.493 e. The highest BCUT2D eigenvalue weighted by Gasteiger charge is 2.09. The van der Waals surface area contributed by atoms with Gasteiger partial charge in [-0.25, -0.2) is 8.42 Å². The van der Waals surface area contributed by atoms with Crippen molar-refractivity contribution in [2.24, 2.45) is 4.99 Å². The quantitative estimate of drug-likeness (QED) is 0.254. The second-order valence-electron chi connectivity index (χ2n) is 6.77. The Morgan fingerprint density at radius 1 is 1.07 bits per heavy atom. The number of hydrogen-bond donors (Lipinski definition) is 3. The summed E-state index contributed by atoms with van der Waals surface area (Å²) in [5.41, 5.74) is 3.57. The smallest absolute Gasteiger partial charge is 0.229 e. The zero-order valence-electron chi connectivity index (χ0n) is 17.9. The van der Waals surface area contributed by atoms with Crippen molar-refractivity contribution >= 4 is 45.6 Å². The summed E-state index contributed by atoms with van der Waals surface area (Å²) >= 11 is 0. The van der Waals surface area contributed by atoms with Gasteiger partial charge in [-0.15, -0.1) is 24.0 Å². The number of anilines is 1. The van der Waals surface area contributed by atoms with Crippen LogP contribution in [0.25, 0.3) is 0 Å². The van der Waals surface area contributed by atoms with E-state index in [0.717, 1.165) is 35.1 Å². The monoisotopic (exact) mass is 546 g/mol. The molecule has 2 aromatic carbocycles. The normalized spacial score (nSPS) is 11.4. The van der Waals surface area contributed by atoms with E-state index in [0.29, 0.717) is 31.3 Å². The lowest BCUT2D eigenvalue weighted by molar-refractivity contribution is 0.313. The van der Waals surface area contributed by atoms with Crippen molar-refractivity contribution in [3.63, 3.8) is 0 Å². The first-order valence-corrected chi connectivity index (χ1v) is 11.4. The first kappa shape index (κ1) is 26.0. The third-order valence-electron chi connectivity index (χ3n) is 4.11. The Morgan fingerprint density at radius 2 is 1.73 bits per heavy atom. The first-order valence-electron chi connectivity index (χ1n) is 9.55. The van der Waals surface area contributed by atoms with Crippen molar-refractivity contribution in [1.82, 2.24) is 10.6 Å². The summed E-state index contributed by atoms with van der Waals surface area (Å²) in [5, 5.41) is 6.50. The van der Waals surface area contributed by atoms with E-state index in [1.165, 1.54) is 0 Å². The van der Waals surface area contributed by atoms with Gasteiger partial charge in [0.15, 0.2) is 5.96 Å². The third-order valence-corrected chi connectivity index (χ3v) is 4.70. The van der Waals surface area contributed by atoms with Crippen LogP contribution in [0.1, 0.15) is 30.0 Å². The highest BCUT2D eigenvalue weighted by molar-refractivity contribution is 14.0. The van der Waals surface area contributed by atoms with Gasteiger partial charge in [0.2, 0.25) is 10.0 Å². The summed E-state index contributed by atoms with van der Waals surface area (Å²) in [6.07, 6.45) is 2.09. The summed E-state index contributed by atoms with van der Waals surface area (Å²) < 4.78 is 31.5. The largest absolute Gasteiger partial charge is 0.493 e. The molecule has 2 aromatic rings. The molecule has 0 aromatic heterocycles. The molecule has 0 saturated carbocycles. The number of aryl methyl sites for hydroxylation is 1. The molecule has 7 nitrogen and oxygen atoms in total. The van der Waals surface area contributed by atoms with Gasteiger partial charge in [0.05, 0.1) is 18.6 Å². The van der Waals surface area contributed by atoms with E-state index >= 15 is 0 Å². The van der Waals surface area contributed by atoms with Crippen LogP contribution in [0, 0.1) is 6.92 Å². The Labute approximate surface area is 196 Å². The predicted octanol–water partition coefficient (Wildman–Crippen LogP) is 3.64. The van der Waals surface area contributed by atoms with E-state index in [2.05, 4.69) is 33.3 Å². The fraction of sp³-hybridized carbons (Fsp3) is 0.381. The van der Waals surface area contributed by atoms with Crippen LogP contribution in [0.5, 0.6) is 5.75 Å². The molecule has 0 spiro atoms. The molecule has 0 heterocycles. The molecule has 0 aliphatic rings. The molecule has 0 saturated heterocycles. The molecule has 0 amide bonds. The first-order chi connectivity index (χ1) is 13.8. The Morgan fingerprint density at radius 3 is 2.37 bits per heavy atom. The Kier molecular flexibility index (Phi) is 11.0. The standard InChI is InChI=1S/C21H30N4O3S.HI/c1-5-12-28-20-13-16(2)10-11-18(20)15-24-21(22-3)23-14-17-8-6-7-9-19(17)25-29(4,26)27;/h6-11,13,25H,5,12,14-15H2,1-4H3,(H2,22,23,24);1H. The minimum absolute atomic E-state index is 0. The fourth-order valence-corrected chi connectivity index (χ4v) is 3.31. The molecule has 9 heteroatoms. The predicted molar refractivity (Wildman–Crippen MR) is 134 cm³/mol. The molecular weight excluding hydrogens is 515 g/mol.